The maximum absolute atomic E-state index is 6.49. The zero-order chi connectivity index (χ0) is 12.9. The van der Waals surface area contributed by atoms with Crippen LogP contribution in [0.5, 0.6) is 0 Å². The van der Waals surface area contributed by atoms with Crippen molar-refractivity contribution in [3.8, 4) is 0 Å². The fourth-order valence-electron chi connectivity index (χ4n) is 3.68. The van der Waals surface area contributed by atoms with E-state index in [4.69, 9.17) is 15.2 Å². The van der Waals surface area contributed by atoms with Crippen molar-refractivity contribution >= 4 is 0 Å². The Bertz CT molecular complexity index is 444. The minimum Gasteiger partial charge on any atom is -0.339 e. The topological polar surface area (TPSA) is 64.9 Å². The van der Waals surface area contributed by atoms with E-state index in [0.717, 1.165) is 36.4 Å². The molecule has 104 valence electrons. The summed E-state index contributed by atoms with van der Waals surface area (Å²) in [4.78, 5) is 4.73. The Morgan fingerprint density at radius 3 is 2.26 bits per heavy atom. The molecule has 3 saturated carbocycles. The van der Waals surface area contributed by atoms with Gasteiger partial charge in [0.15, 0.2) is 5.82 Å². The SMILES string of the molecule is NC1(c2noc(C(C3CC3)C3CC3)n2)CCCCC1. The molecule has 0 aliphatic heterocycles. The fraction of sp³-hybridized carbons (Fsp3) is 0.867. The van der Waals surface area contributed by atoms with Gasteiger partial charge in [0.1, 0.15) is 0 Å². The molecule has 19 heavy (non-hydrogen) atoms. The van der Waals surface area contributed by atoms with Gasteiger partial charge in [-0.1, -0.05) is 24.4 Å². The summed E-state index contributed by atoms with van der Waals surface area (Å²) < 4.78 is 5.61. The summed E-state index contributed by atoms with van der Waals surface area (Å²) >= 11 is 0. The second-order valence-corrected chi connectivity index (χ2v) is 6.87. The van der Waals surface area contributed by atoms with E-state index in [1.165, 1.54) is 44.9 Å². The van der Waals surface area contributed by atoms with E-state index in [1.807, 2.05) is 0 Å². The van der Waals surface area contributed by atoms with E-state index >= 15 is 0 Å². The first kappa shape index (κ1) is 11.9. The van der Waals surface area contributed by atoms with Crippen LogP contribution in [0.15, 0.2) is 4.52 Å². The maximum Gasteiger partial charge on any atom is 0.230 e. The monoisotopic (exact) mass is 261 g/mol. The Kier molecular flexibility index (Phi) is 2.69. The minimum atomic E-state index is -0.322. The third-order valence-corrected chi connectivity index (χ3v) is 5.18. The normalized spacial score (nSPS) is 26.8. The van der Waals surface area contributed by atoms with Crippen molar-refractivity contribution < 1.29 is 4.52 Å². The number of hydrogen-bond donors (Lipinski definition) is 1. The second-order valence-electron chi connectivity index (χ2n) is 6.87. The van der Waals surface area contributed by atoms with Crippen LogP contribution in [0.4, 0.5) is 0 Å². The van der Waals surface area contributed by atoms with E-state index in [0.29, 0.717) is 5.92 Å². The maximum atomic E-state index is 6.49. The number of nitrogens with zero attached hydrogens (tertiary/aromatic N) is 2. The highest BCUT2D eigenvalue weighted by Gasteiger charge is 2.46. The lowest BCUT2D eigenvalue weighted by atomic mass is 9.82. The highest BCUT2D eigenvalue weighted by atomic mass is 16.5. The van der Waals surface area contributed by atoms with E-state index in [-0.39, 0.29) is 5.54 Å². The first-order valence-corrected chi connectivity index (χ1v) is 7.89. The van der Waals surface area contributed by atoms with Gasteiger partial charge in [-0.3, -0.25) is 0 Å². The molecule has 0 bridgehead atoms. The van der Waals surface area contributed by atoms with Gasteiger partial charge in [0, 0.05) is 5.92 Å². The lowest BCUT2D eigenvalue weighted by Gasteiger charge is -2.29. The Morgan fingerprint density at radius 2 is 1.68 bits per heavy atom. The highest BCUT2D eigenvalue weighted by Crippen LogP contribution is 2.54. The average Bonchev–Trinajstić information content (AvgIpc) is 3.32. The molecule has 4 heteroatoms. The first-order chi connectivity index (χ1) is 9.26. The van der Waals surface area contributed by atoms with Crippen LogP contribution >= 0.6 is 0 Å². The highest BCUT2D eigenvalue weighted by molar-refractivity contribution is 5.11. The van der Waals surface area contributed by atoms with Crippen molar-refractivity contribution in [2.75, 3.05) is 0 Å². The van der Waals surface area contributed by atoms with E-state index in [1.54, 1.807) is 0 Å². The van der Waals surface area contributed by atoms with Gasteiger partial charge in [0.05, 0.1) is 5.54 Å². The van der Waals surface area contributed by atoms with E-state index in [9.17, 15) is 0 Å². The zero-order valence-electron chi connectivity index (χ0n) is 11.5. The van der Waals surface area contributed by atoms with Crippen LogP contribution in [0.1, 0.15) is 75.4 Å². The molecule has 4 nitrogen and oxygen atoms in total. The molecular formula is C15H23N3O. The Balaban J connectivity index is 1.58. The van der Waals surface area contributed by atoms with Crippen LogP contribution in [0, 0.1) is 11.8 Å². The zero-order valence-corrected chi connectivity index (χ0v) is 11.5. The molecule has 3 aliphatic rings. The van der Waals surface area contributed by atoms with Gasteiger partial charge in [-0.2, -0.15) is 4.98 Å². The first-order valence-electron chi connectivity index (χ1n) is 7.89. The lowest BCUT2D eigenvalue weighted by molar-refractivity contribution is 0.269. The summed E-state index contributed by atoms with van der Waals surface area (Å²) in [6.45, 7) is 0. The summed E-state index contributed by atoms with van der Waals surface area (Å²) in [6, 6.07) is 0. The molecule has 0 amide bonds. The third-order valence-electron chi connectivity index (χ3n) is 5.18. The molecule has 3 aliphatic carbocycles. The number of nitrogens with two attached hydrogens (primary N) is 1. The van der Waals surface area contributed by atoms with Gasteiger partial charge >= 0.3 is 0 Å². The van der Waals surface area contributed by atoms with Crippen molar-refractivity contribution in [2.24, 2.45) is 17.6 Å². The molecule has 0 unspecified atom stereocenters. The largest absolute Gasteiger partial charge is 0.339 e. The Labute approximate surface area is 114 Å². The van der Waals surface area contributed by atoms with Crippen molar-refractivity contribution in [3.05, 3.63) is 11.7 Å². The standard InChI is InChI=1S/C15H23N3O/c16-15(8-2-1-3-9-15)14-17-13(19-18-14)12(10-4-5-10)11-6-7-11/h10-12H,1-9,16H2. The van der Waals surface area contributed by atoms with Crippen LogP contribution in [0.25, 0.3) is 0 Å². The summed E-state index contributed by atoms with van der Waals surface area (Å²) in [5.41, 5.74) is 6.17. The van der Waals surface area contributed by atoms with Crippen molar-refractivity contribution in [2.45, 2.75) is 69.2 Å². The predicted octanol–water partition coefficient (Wildman–Crippen LogP) is 3.09. The molecule has 3 fully saturated rings. The van der Waals surface area contributed by atoms with Crippen molar-refractivity contribution in [3.63, 3.8) is 0 Å². The third kappa shape index (κ3) is 2.20. The lowest BCUT2D eigenvalue weighted by Crippen LogP contribution is -2.39. The van der Waals surface area contributed by atoms with Crippen molar-refractivity contribution in [1.82, 2.24) is 10.1 Å². The average molecular weight is 261 g/mol. The van der Waals surface area contributed by atoms with Gasteiger partial charge in [0.25, 0.3) is 0 Å². The van der Waals surface area contributed by atoms with Crippen molar-refractivity contribution in [1.29, 1.82) is 0 Å². The van der Waals surface area contributed by atoms with Gasteiger partial charge in [0.2, 0.25) is 5.89 Å². The van der Waals surface area contributed by atoms with Crippen LogP contribution < -0.4 is 5.73 Å². The van der Waals surface area contributed by atoms with Gasteiger partial charge in [-0.05, 0) is 50.4 Å². The number of aromatic nitrogens is 2. The van der Waals surface area contributed by atoms with Crippen LogP contribution in [-0.4, -0.2) is 10.1 Å². The van der Waals surface area contributed by atoms with E-state index < -0.39 is 0 Å². The summed E-state index contributed by atoms with van der Waals surface area (Å²) in [6.07, 6.45) is 11.0. The molecule has 1 aromatic rings. The van der Waals surface area contributed by atoms with Gasteiger partial charge in [-0.25, -0.2) is 0 Å². The smallest absolute Gasteiger partial charge is 0.230 e. The number of hydrogen-bond acceptors (Lipinski definition) is 4. The quantitative estimate of drug-likeness (QED) is 0.904. The van der Waals surface area contributed by atoms with Crippen LogP contribution in [0.2, 0.25) is 0 Å². The minimum absolute atomic E-state index is 0.322. The number of rotatable bonds is 4. The molecule has 0 aromatic carbocycles. The Morgan fingerprint density at radius 1 is 1.05 bits per heavy atom. The molecule has 1 aromatic heterocycles. The van der Waals surface area contributed by atoms with Gasteiger partial charge < -0.3 is 10.3 Å². The molecule has 0 spiro atoms. The summed E-state index contributed by atoms with van der Waals surface area (Å²) in [5.74, 6) is 3.80. The molecule has 2 N–H and O–H groups in total. The summed E-state index contributed by atoms with van der Waals surface area (Å²) in [7, 11) is 0. The van der Waals surface area contributed by atoms with E-state index in [2.05, 4.69) is 5.16 Å². The molecule has 0 atom stereocenters. The molecular weight excluding hydrogens is 238 g/mol. The fourth-order valence-corrected chi connectivity index (χ4v) is 3.68. The molecule has 1 heterocycles. The molecule has 0 radical (unpaired) electrons. The molecule has 4 rings (SSSR count). The Hall–Kier alpha value is -0.900. The summed E-state index contributed by atoms with van der Waals surface area (Å²) in [5, 5.41) is 4.24. The predicted molar refractivity (Wildman–Crippen MR) is 71.4 cm³/mol. The van der Waals surface area contributed by atoms with Gasteiger partial charge in [-0.15, -0.1) is 0 Å². The second kappa shape index (κ2) is 4.30. The van der Waals surface area contributed by atoms with Crippen LogP contribution in [-0.2, 0) is 5.54 Å². The molecule has 0 saturated heterocycles. The van der Waals surface area contributed by atoms with Crippen LogP contribution in [0.3, 0.4) is 0 Å².